The molecule has 0 spiro atoms. The molecule has 5 aromatic rings. The van der Waals surface area contributed by atoms with Crippen molar-refractivity contribution in [2.75, 3.05) is 0 Å². The summed E-state index contributed by atoms with van der Waals surface area (Å²) in [6.45, 7) is 0.573. The number of rotatable bonds is 4. The molecule has 0 N–H and O–H groups in total. The van der Waals surface area contributed by atoms with E-state index in [0.29, 0.717) is 12.4 Å². The van der Waals surface area contributed by atoms with E-state index < -0.39 is 0 Å². The summed E-state index contributed by atoms with van der Waals surface area (Å²) in [5, 5.41) is 0. The number of hydrogen-bond acceptors (Lipinski definition) is 2. The van der Waals surface area contributed by atoms with Crippen LogP contribution in [0.1, 0.15) is 5.56 Å². The first kappa shape index (κ1) is 20.0. The summed E-state index contributed by atoms with van der Waals surface area (Å²) < 4.78 is 21.4. The maximum absolute atomic E-state index is 13.5. The minimum atomic E-state index is -0.229. The van der Waals surface area contributed by atoms with Crippen molar-refractivity contribution in [2.24, 2.45) is 0 Å². The van der Waals surface area contributed by atoms with Gasteiger partial charge in [0.2, 0.25) is 5.89 Å². The van der Waals surface area contributed by atoms with E-state index in [9.17, 15) is 4.39 Å². The Morgan fingerprint density at radius 1 is 0.800 bits per heavy atom. The molecule has 0 fully saturated rings. The van der Waals surface area contributed by atoms with Gasteiger partial charge in [-0.1, -0.05) is 48.5 Å². The van der Waals surface area contributed by atoms with Crippen LogP contribution < -0.4 is 21.5 Å². The smallest absolute Gasteiger partial charge is 0.233 e. The summed E-state index contributed by atoms with van der Waals surface area (Å²) in [5.41, 5.74) is 5.60. The number of fused-ring (bicyclic) bond motifs is 1. The van der Waals surface area contributed by atoms with E-state index in [-0.39, 0.29) is 22.8 Å². The fourth-order valence-electron chi connectivity index (χ4n) is 3.45. The molecule has 2 aromatic heterocycles. The summed E-state index contributed by atoms with van der Waals surface area (Å²) in [4.78, 5) is 4.69. The van der Waals surface area contributed by atoms with Crippen molar-refractivity contribution in [3.05, 3.63) is 109 Å². The molecular formula is C25H18BrFN2O. The van der Waals surface area contributed by atoms with E-state index in [1.165, 1.54) is 6.07 Å². The lowest BCUT2D eigenvalue weighted by atomic mass is 10.1. The summed E-state index contributed by atoms with van der Waals surface area (Å²) in [6.07, 6.45) is 3.91. The Morgan fingerprint density at radius 3 is 2.47 bits per heavy atom. The zero-order chi connectivity index (χ0) is 19.6. The lowest BCUT2D eigenvalue weighted by Crippen LogP contribution is -3.00. The van der Waals surface area contributed by atoms with Gasteiger partial charge in [0, 0.05) is 11.6 Å². The molecule has 5 rings (SSSR count). The van der Waals surface area contributed by atoms with Crippen LogP contribution >= 0.6 is 0 Å². The molecule has 0 amide bonds. The molecule has 0 saturated heterocycles. The molecule has 3 aromatic carbocycles. The number of aromatic nitrogens is 2. The van der Waals surface area contributed by atoms with Crippen LogP contribution in [0, 0.1) is 5.82 Å². The van der Waals surface area contributed by atoms with Gasteiger partial charge < -0.3 is 21.4 Å². The van der Waals surface area contributed by atoms with Crippen LogP contribution in [0.25, 0.3) is 33.7 Å². The van der Waals surface area contributed by atoms with Crippen molar-refractivity contribution in [1.82, 2.24) is 4.98 Å². The van der Waals surface area contributed by atoms with Crippen molar-refractivity contribution in [2.45, 2.75) is 6.54 Å². The first-order chi connectivity index (χ1) is 14.2. The summed E-state index contributed by atoms with van der Waals surface area (Å²) >= 11 is 0. The highest BCUT2D eigenvalue weighted by molar-refractivity contribution is 5.82. The molecule has 0 unspecified atom stereocenters. The lowest BCUT2D eigenvalue weighted by molar-refractivity contribution is -0.687. The summed E-state index contributed by atoms with van der Waals surface area (Å²) in [7, 11) is 0. The van der Waals surface area contributed by atoms with E-state index in [0.717, 1.165) is 33.4 Å². The average Bonchev–Trinajstić information content (AvgIpc) is 3.18. The van der Waals surface area contributed by atoms with Gasteiger partial charge in [0.25, 0.3) is 0 Å². The highest BCUT2D eigenvalue weighted by Crippen LogP contribution is 2.27. The van der Waals surface area contributed by atoms with E-state index >= 15 is 0 Å². The average molecular weight is 461 g/mol. The Morgan fingerprint density at radius 2 is 1.63 bits per heavy atom. The van der Waals surface area contributed by atoms with Crippen LogP contribution in [-0.2, 0) is 6.54 Å². The van der Waals surface area contributed by atoms with Crippen molar-refractivity contribution < 1.29 is 30.4 Å². The maximum atomic E-state index is 13.5. The van der Waals surface area contributed by atoms with E-state index in [2.05, 4.69) is 12.1 Å². The Balaban J connectivity index is 0.00000218. The zero-order valence-electron chi connectivity index (χ0n) is 16.0. The molecule has 2 heterocycles. The third-order valence-corrected chi connectivity index (χ3v) is 4.85. The van der Waals surface area contributed by atoms with E-state index in [1.54, 1.807) is 12.1 Å². The predicted octanol–water partition coefficient (Wildman–Crippen LogP) is 2.64. The van der Waals surface area contributed by atoms with Gasteiger partial charge in [-0.3, -0.25) is 0 Å². The molecule has 0 saturated carbocycles. The molecule has 148 valence electrons. The molecule has 0 radical (unpaired) electrons. The van der Waals surface area contributed by atoms with Gasteiger partial charge in [-0.05, 0) is 41.5 Å². The second-order valence-electron chi connectivity index (χ2n) is 6.96. The highest BCUT2D eigenvalue weighted by Gasteiger charge is 2.13. The monoisotopic (exact) mass is 460 g/mol. The standard InChI is InChI=1S/C25H18FN2O.BrH/c26-22-10-4-6-18(14-22)16-28-13-5-9-21(17-28)25-27-23-15-20(11-12-24(23)29-25)19-7-2-1-3-8-19;/h1-15,17H,16H2;1H/q+1;/p-1. The highest BCUT2D eigenvalue weighted by atomic mass is 79.9. The molecule has 30 heavy (non-hydrogen) atoms. The van der Waals surface area contributed by atoms with Crippen LogP contribution in [0.4, 0.5) is 4.39 Å². The molecular weight excluding hydrogens is 443 g/mol. The van der Waals surface area contributed by atoms with Crippen molar-refractivity contribution in [3.8, 4) is 22.6 Å². The topological polar surface area (TPSA) is 29.9 Å². The second-order valence-corrected chi connectivity index (χ2v) is 6.96. The Bertz CT molecular complexity index is 1300. The minimum Gasteiger partial charge on any atom is -1.00 e. The van der Waals surface area contributed by atoms with Gasteiger partial charge in [0.05, 0.1) is 0 Å². The minimum absolute atomic E-state index is 0. The summed E-state index contributed by atoms with van der Waals surface area (Å²) in [6, 6.07) is 26.8. The lowest BCUT2D eigenvalue weighted by Gasteiger charge is -1.99. The van der Waals surface area contributed by atoms with Crippen molar-refractivity contribution >= 4 is 11.1 Å². The number of pyridine rings is 1. The largest absolute Gasteiger partial charge is 1.00 e. The summed E-state index contributed by atoms with van der Waals surface area (Å²) in [5.74, 6) is 0.339. The van der Waals surface area contributed by atoms with Gasteiger partial charge >= 0.3 is 0 Å². The molecule has 0 aliphatic rings. The molecule has 0 aliphatic heterocycles. The zero-order valence-corrected chi connectivity index (χ0v) is 17.6. The fraction of sp³-hybridized carbons (Fsp3) is 0.0400. The number of halogens is 2. The van der Waals surface area contributed by atoms with Gasteiger partial charge in [0.15, 0.2) is 24.5 Å². The molecule has 3 nitrogen and oxygen atoms in total. The van der Waals surface area contributed by atoms with Gasteiger partial charge in [-0.25, -0.2) is 9.37 Å². The van der Waals surface area contributed by atoms with Crippen LogP contribution in [-0.4, -0.2) is 4.98 Å². The van der Waals surface area contributed by atoms with Gasteiger partial charge in [-0.2, -0.15) is 4.57 Å². The number of hydrogen-bond donors (Lipinski definition) is 0. The van der Waals surface area contributed by atoms with Crippen LogP contribution in [0.2, 0.25) is 0 Å². The first-order valence-corrected chi connectivity index (χ1v) is 9.44. The van der Waals surface area contributed by atoms with Crippen LogP contribution in [0.15, 0.2) is 102 Å². The number of oxazole rings is 1. The predicted molar refractivity (Wildman–Crippen MR) is 111 cm³/mol. The van der Waals surface area contributed by atoms with Crippen LogP contribution in [0.3, 0.4) is 0 Å². The SMILES string of the molecule is Fc1cccc(C[n+]2cccc(-c3nc4cc(-c5ccccc5)ccc4o3)c2)c1.[Br-]. The molecule has 0 atom stereocenters. The van der Waals surface area contributed by atoms with Crippen LogP contribution in [0.5, 0.6) is 0 Å². The van der Waals surface area contributed by atoms with Gasteiger partial charge in [0.1, 0.15) is 16.9 Å². The quantitative estimate of drug-likeness (QED) is 0.386. The number of benzene rings is 3. The Hall–Kier alpha value is -3.31. The fourth-order valence-corrected chi connectivity index (χ4v) is 3.45. The third-order valence-electron chi connectivity index (χ3n) is 4.85. The molecule has 5 heteroatoms. The second kappa shape index (κ2) is 8.59. The van der Waals surface area contributed by atoms with Gasteiger partial charge in [-0.15, -0.1) is 0 Å². The normalized spacial score (nSPS) is 10.7. The molecule has 0 bridgehead atoms. The Kier molecular flexibility index (Phi) is 5.72. The number of nitrogens with zero attached hydrogens (tertiary/aromatic N) is 2. The third kappa shape index (κ3) is 4.16. The maximum Gasteiger partial charge on any atom is 0.233 e. The van der Waals surface area contributed by atoms with E-state index in [4.69, 9.17) is 9.40 Å². The van der Waals surface area contributed by atoms with Crippen molar-refractivity contribution in [3.63, 3.8) is 0 Å². The Labute approximate surface area is 184 Å². The first-order valence-electron chi connectivity index (χ1n) is 9.44. The van der Waals surface area contributed by atoms with E-state index in [1.807, 2.05) is 71.6 Å². The molecule has 0 aliphatic carbocycles. The van der Waals surface area contributed by atoms with Crippen molar-refractivity contribution in [1.29, 1.82) is 0 Å².